The number of anilines is 4. The second-order valence-electron chi connectivity index (χ2n) is 31.3. The highest BCUT2D eigenvalue weighted by molar-refractivity contribution is 6.34. The molecular weight excluding hydrogens is 1600 g/mol. The quantitative estimate of drug-likeness (QED) is 0.0138. The van der Waals surface area contributed by atoms with Gasteiger partial charge in [0.1, 0.15) is 7.11 Å². The number of aryl methyl sites for hydroxylation is 2. The number of amides is 10. The Bertz CT molecular complexity index is 5080. The van der Waals surface area contributed by atoms with Gasteiger partial charge in [0.2, 0.25) is 0 Å². The fourth-order valence-corrected chi connectivity index (χ4v) is 13.1. The molecule has 10 amide bonds. The largest absolute Gasteiger partial charge is 0.411 e. The van der Waals surface area contributed by atoms with E-state index < -0.39 is 56.1 Å². The summed E-state index contributed by atoms with van der Waals surface area (Å²) in [6, 6.07) is 47.5. The highest BCUT2D eigenvalue weighted by Gasteiger charge is 2.31. The van der Waals surface area contributed by atoms with Crippen LogP contribution in [0.5, 0.6) is 0 Å². The van der Waals surface area contributed by atoms with Gasteiger partial charge in [-0.2, -0.15) is 0 Å². The standard InChI is InChI=1S/C25H32ClN5O3.C24H30ClN5O3.C20H24N4O3.C19H22N4O4.CH4/c1-17(29-34-5)18-7-6-8-19(15-18)25(2,3)28-24(33)27-20-9-10-22(26)21(16-20)23(32)31-13-11-30(4)12-14-31;1-16(28-33)17-6-5-7-18(14-17)24(2,3)27-23(32)26-19-8-9-21(25)20(15-19)22(31)30-12-10-29(4)11-13-30;1-13-9-10-17(12-18(13)24(26)27)22-19(25)23-20(3,4)16-8-6-7-15(11-16)14(2)21-5;1-12-8-9-16(11-17(12)23(26)27)20-18(24)21-19(3,4)15-7-5-6-14(10-15)13(2)22-25;/h6-10,15-16H,11-14H2,1-5H3,(H2,27,28,33);5-9,14-15,33H,10-13H2,1-4H3,(H2,26,27,32);6-12H,1-5H3,(H2,22,23,25);5-11,25H,1-4H3,(H2,20,21,24);1H4/b29-17+;28-16+;;22-13+;. The van der Waals surface area contributed by atoms with Crippen LogP contribution < -0.4 is 42.5 Å². The van der Waals surface area contributed by atoms with Gasteiger partial charge >= 0.3 is 24.1 Å². The number of nitro groups is 2. The summed E-state index contributed by atoms with van der Waals surface area (Å²) in [7, 11) is 7.30. The topological polar surface area (TPSA) is 397 Å². The van der Waals surface area contributed by atoms with Crippen molar-refractivity contribution in [2.24, 2.45) is 20.5 Å². The highest BCUT2D eigenvalue weighted by Crippen LogP contribution is 2.31. The number of likely N-dealkylation sites (N-methyl/N-ethyl adjacent to an activating group) is 2. The van der Waals surface area contributed by atoms with Crippen molar-refractivity contribution >= 4 is 116 Å². The summed E-state index contributed by atoms with van der Waals surface area (Å²) in [5.74, 6) is -0.275. The summed E-state index contributed by atoms with van der Waals surface area (Å²) in [6.07, 6.45) is 0. The average molecular weight is 1710 g/mol. The van der Waals surface area contributed by atoms with Gasteiger partial charge in [-0.3, -0.25) is 34.8 Å². The van der Waals surface area contributed by atoms with Gasteiger partial charge in [-0.05, 0) is 228 Å². The van der Waals surface area contributed by atoms with Gasteiger partial charge in [0, 0.05) is 111 Å². The van der Waals surface area contributed by atoms with Gasteiger partial charge < -0.3 is 77.4 Å². The number of nitrogens with one attached hydrogen (secondary N) is 8. The van der Waals surface area contributed by atoms with E-state index >= 15 is 0 Å². The SMILES string of the molecule is C.C/C(=N\O)c1cccc(C(C)(C)NC(=O)Nc2ccc(C)c([N+](=O)[O-])c2)c1.C/C(=N\O)c1cccc(C(C)(C)NC(=O)Nc2ccc(Cl)c(C(=O)N3CCN(C)CC3)c2)c1.CN=C(C)c1cccc(C(C)(C)NC(=O)Nc2ccc(C)c([N+](=O)[O-])c2)c1.CO/N=C(\C)c1cccc(C(C)(C)NC(=O)Nc2ccc(Cl)c(C(=O)N3CCN(C)CC3)c2)c1. The third kappa shape index (κ3) is 27.9. The Balaban J connectivity index is 0.000000253. The predicted molar refractivity (Wildman–Crippen MR) is 484 cm³/mol. The number of rotatable bonds is 21. The van der Waals surface area contributed by atoms with Crippen molar-refractivity contribution in [3.05, 3.63) is 267 Å². The molecule has 0 radical (unpaired) electrons. The van der Waals surface area contributed by atoms with Gasteiger partial charge in [0.25, 0.3) is 23.2 Å². The molecule has 33 heteroatoms. The number of nitro benzene ring substituents is 2. The average Bonchev–Trinajstić information content (AvgIpc) is 0.825. The Hall–Kier alpha value is -12.8. The first-order valence-corrected chi connectivity index (χ1v) is 39.5. The molecule has 8 aromatic rings. The summed E-state index contributed by atoms with van der Waals surface area (Å²) in [5, 5.41) is 73.8. The first-order valence-electron chi connectivity index (χ1n) is 38.7. The number of piperazine rings is 2. The smallest absolute Gasteiger partial charge is 0.319 e. The van der Waals surface area contributed by atoms with E-state index in [1.54, 1.807) is 111 Å². The van der Waals surface area contributed by atoms with Crippen molar-refractivity contribution in [1.29, 1.82) is 0 Å². The van der Waals surface area contributed by atoms with Crippen molar-refractivity contribution < 1.29 is 53.9 Å². The van der Waals surface area contributed by atoms with Crippen molar-refractivity contribution in [2.45, 2.75) is 127 Å². The number of urea groups is 4. The first kappa shape index (κ1) is 98.0. The van der Waals surface area contributed by atoms with Gasteiger partial charge in [-0.25, -0.2) is 19.2 Å². The van der Waals surface area contributed by atoms with E-state index in [1.807, 2.05) is 174 Å². The van der Waals surface area contributed by atoms with Crippen molar-refractivity contribution in [3.63, 3.8) is 0 Å². The molecule has 0 aliphatic carbocycles. The lowest BCUT2D eigenvalue weighted by atomic mass is 9.92. The molecule has 2 fully saturated rings. The lowest BCUT2D eigenvalue weighted by Crippen LogP contribution is -2.47. The monoisotopic (exact) mass is 1710 g/mol. The van der Waals surface area contributed by atoms with Crippen LogP contribution in [0.3, 0.4) is 0 Å². The fraction of sp³-hybridized carbons (Fsp3) is 0.348. The number of hydrogen-bond donors (Lipinski definition) is 10. The van der Waals surface area contributed by atoms with Crippen LogP contribution in [0.15, 0.2) is 190 Å². The summed E-state index contributed by atoms with van der Waals surface area (Å²) >= 11 is 12.6. The van der Waals surface area contributed by atoms with Crippen molar-refractivity contribution in [3.8, 4) is 0 Å². The Kier molecular flexibility index (Phi) is 35.3. The van der Waals surface area contributed by atoms with E-state index in [4.69, 9.17) is 38.5 Å². The van der Waals surface area contributed by atoms with E-state index in [0.29, 0.717) is 92.7 Å². The maximum Gasteiger partial charge on any atom is 0.319 e. The van der Waals surface area contributed by atoms with E-state index in [0.717, 1.165) is 82.1 Å². The molecule has 31 nitrogen and oxygen atoms in total. The Morgan fingerprint density at radius 1 is 0.418 bits per heavy atom. The number of aliphatic imine (C=N–C) groups is 1. The number of benzene rings is 8. The Labute approximate surface area is 722 Å². The fourth-order valence-electron chi connectivity index (χ4n) is 12.7. The second-order valence-corrected chi connectivity index (χ2v) is 32.1. The lowest BCUT2D eigenvalue weighted by Gasteiger charge is -2.32. The molecule has 0 atom stereocenters. The molecule has 10 N–H and O–H groups in total. The van der Waals surface area contributed by atoms with Crippen molar-refractivity contribution in [2.75, 3.05) is 102 Å². The maximum atomic E-state index is 13.0. The molecule has 122 heavy (non-hydrogen) atoms. The van der Waals surface area contributed by atoms with Crippen LogP contribution in [0.25, 0.3) is 0 Å². The minimum Gasteiger partial charge on any atom is -0.411 e. The van der Waals surface area contributed by atoms with E-state index in [-0.39, 0.29) is 30.6 Å². The summed E-state index contributed by atoms with van der Waals surface area (Å²) in [5.41, 5.74) is 10.1. The molecule has 8 aromatic carbocycles. The van der Waals surface area contributed by atoms with Crippen molar-refractivity contribution in [1.82, 2.24) is 40.9 Å². The molecule has 0 aromatic heterocycles. The number of oxime groups is 3. The minimum absolute atomic E-state index is 0. The van der Waals surface area contributed by atoms with Gasteiger partial charge in [0.15, 0.2) is 0 Å². The van der Waals surface area contributed by atoms with E-state index in [9.17, 15) is 49.0 Å². The molecule has 2 heterocycles. The van der Waals surface area contributed by atoms with Crippen LogP contribution in [0.1, 0.15) is 167 Å². The summed E-state index contributed by atoms with van der Waals surface area (Å²) < 4.78 is 0. The molecule has 0 spiro atoms. The second kappa shape index (κ2) is 43.9. The number of carbonyl (C=O) groups excluding carboxylic acids is 6. The van der Waals surface area contributed by atoms with Gasteiger partial charge in [-0.1, -0.05) is 131 Å². The maximum absolute atomic E-state index is 13.0. The number of nitrogens with zero attached hydrogens (tertiary/aromatic N) is 10. The van der Waals surface area contributed by atoms with E-state index in [1.165, 1.54) is 19.2 Å². The molecule has 650 valence electrons. The van der Waals surface area contributed by atoms with Crippen LogP contribution in [0.4, 0.5) is 53.3 Å². The molecule has 0 bridgehead atoms. The highest BCUT2D eigenvalue weighted by atomic mass is 35.5. The minimum atomic E-state index is -0.730. The van der Waals surface area contributed by atoms with Gasteiger partial charge in [-0.15, -0.1) is 0 Å². The van der Waals surface area contributed by atoms with Gasteiger partial charge in [0.05, 0.1) is 70.3 Å². The zero-order chi connectivity index (χ0) is 89.4. The van der Waals surface area contributed by atoms with Crippen LogP contribution in [0, 0.1) is 34.1 Å². The summed E-state index contributed by atoms with van der Waals surface area (Å²) in [6.45, 7) is 31.3. The van der Waals surface area contributed by atoms with Crippen LogP contribution in [0.2, 0.25) is 10.0 Å². The Morgan fingerprint density at radius 2 is 0.689 bits per heavy atom. The molecule has 10 rings (SSSR count). The molecule has 2 aliphatic heterocycles. The molecular formula is C89H112Cl2N18O13. The summed E-state index contributed by atoms with van der Waals surface area (Å²) in [4.78, 5) is 114. The third-order valence-corrected chi connectivity index (χ3v) is 21.1. The molecule has 0 unspecified atom stereocenters. The lowest BCUT2D eigenvalue weighted by molar-refractivity contribution is -0.385. The first-order chi connectivity index (χ1) is 57.0. The normalized spacial score (nSPS) is 13.6. The number of carbonyl (C=O) groups is 6. The zero-order valence-corrected chi connectivity index (χ0v) is 72.9. The molecule has 0 saturated carbocycles. The predicted octanol–water partition coefficient (Wildman–Crippen LogP) is 17.3. The Morgan fingerprint density at radius 3 is 0.959 bits per heavy atom. The van der Waals surface area contributed by atoms with Crippen LogP contribution in [-0.2, 0) is 27.0 Å². The molecule has 2 aliphatic rings. The third-order valence-electron chi connectivity index (χ3n) is 20.4. The number of hydrogen-bond acceptors (Lipinski definition) is 19. The zero-order valence-electron chi connectivity index (χ0n) is 71.4. The molecule has 2 saturated heterocycles. The van der Waals surface area contributed by atoms with Crippen LogP contribution >= 0.6 is 23.2 Å². The number of halogens is 2. The van der Waals surface area contributed by atoms with Crippen LogP contribution in [-0.4, -0.2) is 179 Å². The van der Waals surface area contributed by atoms with E-state index in [2.05, 4.69) is 72.8 Å².